The molecule has 4 rings (SSSR count). The molecule has 0 bridgehead atoms. The van der Waals surface area contributed by atoms with Crippen molar-refractivity contribution in [2.24, 2.45) is 0 Å². The van der Waals surface area contributed by atoms with Gasteiger partial charge in [0, 0.05) is 29.4 Å². The molecule has 3 aromatic rings. The van der Waals surface area contributed by atoms with Crippen LogP contribution in [0.1, 0.15) is 10.4 Å². The molecule has 0 N–H and O–H groups in total. The van der Waals surface area contributed by atoms with Gasteiger partial charge < -0.3 is 14.4 Å². The molecule has 2 aromatic carbocycles. The second-order valence-electron chi connectivity index (χ2n) is 6.28. The number of fused-ring (bicyclic) bond motifs is 1. The molecule has 0 radical (unpaired) electrons. The summed E-state index contributed by atoms with van der Waals surface area (Å²) in [7, 11) is 1.79. The van der Waals surface area contributed by atoms with Crippen molar-refractivity contribution in [3.8, 4) is 21.9 Å². The highest BCUT2D eigenvalue weighted by molar-refractivity contribution is 7.16. The number of likely N-dealkylation sites (N-methyl/N-ethyl adjacent to an activating group) is 1. The van der Waals surface area contributed by atoms with E-state index >= 15 is 0 Å². The van der Waals surface area contributed by atoms with E-state index in [0.29, 0.717) is 6.54 Å². The van der Waals surface area contributed by atoms with Crippen LogP contribution in [0.2, 0.25) is 0 Å². The normalized spacial score (nSPS) is 12.5. The largest absolute Gasteiger partial charge is 0.454 e. The van der Waals surface area contributed by atoms with Crippen LogP contribution in [-0.4, -0.2) is 24.6 Å². The zero-order valence-corrected chi connectivity index (χ0v) is 15.7. The average molecular weight is 377 g/mol. The molecule has 0 unspecified atom stereocenters. The Morgan fingerprint density at radius 1 is 1.07 bits per heavy atom. The number of thiophene rings is 1. The zero-order valence-electron chi connectivity index (χ0n) is 14.9. The minimum atomic E-state index is -0.0395. The average Bonchev–Trinajstić information content (AvgIpc) is 3.35. The van der Waals surface area contributed by atoms with Crippen molar-refractivity contribution in [1.82, 2.24) is 4.90 Å². The first-order valence-corrected chi connectivity index (χ1v) is 9.48. The summed E-state index contributed by atoms with van der Waals surface area (Å²) in [6.45, 7) is 0.765. The van der Waals surface area contributed by atoms with Gasteiger partial charge in [-0.1, -0.05) is 36.4 Å². The second kappa shape index (κ2) is 7.68. The SMILES string of the molecule is CN(Cc1ccc2c(c1)OCO2)C(=O)/C=C/c1ccc(-c2ccccc2)s1. The van der Waals surface area contributed by atoms with E-state index < -0.39 is 0 Å². The Kier molecular flexibility index (Phi) is 4.94. The molecule has 1 aromatic heterocycles. The van der Waals surface area contributed by atoms with E-state index in [0.717, 1.165) is 21.9 Å². The molecular weight excluding hydrogens is 358 g/mol. The Morgan fingerprint density at radius 3 is 2.74 bits per heavy atom. The third-order valence-electron chi connectivity index (χ3n) is 4.31. The molecule has 0 spiro atoms. The number of nitrogens with zero attached hydrogens (tertiary/aromatic N) is 1. The Hall–Kier alpha value is -3.05. The number of hydrogen-bond donors (Lipinski definition) is 0. The molecule has 0 saturated carbocycles. The van der Waals surface area contributed by atoms with Crippen molar-refractivity contribution >= 4 is 23.3 Å². The van der Waals surface area contributed by atoms with Gasteiger partial charge in [0.2, 0.25) is 12.7 Å². The Bertz CT molecular complexity index is 978. The molecule has 136 valence electrons. The fourth-order valence-corrected chi connectivity index (χ4v) is 3.79. The lowest BCUT2D eigenvalue weighted by Crippen LogP contribution is -2.24. The number of amides is 1. The summed E-state index contributed by atoms with van der Waals surface area (Å²) in [6.07, 6.45) is 3.49. The number of carbonyl (C=O) groups excluding carboxylic acids is 1. The Balaban J connectivity index is 1.39. The fourth-order valence-electron chi connectivity index (χ4n) is 2.87. The quantitative estimate of drug-likeness (QED) is 0.599. The fraction of sp³-hybridized carbons (Fsp3) is 0.136. The Morgan fingerprint density at radius 2 is 1.89 bits per heavy atom. The first-order chi connectivity index (χ1) is 13.2. The van der Waals surface area contributed by atoms with Gasteiger partial charge in [-0.25, -0.2) is 0 Å². The standard InChI is InChI=1S/C22H19NO3S/c1-23(14-16-7-10-19-20(13-16)26-15-25-19)22(24)12-9-18-8-11-21(27-18)17-5-3-2-4-6-17/h2-13H,14-15H2,1H3/b12-9+. The van der Waals surface area contributed by atoms with Crippen LogP contribution in [0.15, 0.2) is 66.7 Å². The van der Waals surface area contributed by atoms with Crippen LogP contribution in [0.3, 0.4) is 0 Å². The lowest BCUT2D eigenvalue weighted by atomic mass is 10.2. The predicted octanol–water partition coefficient (Wildman–Crippen LogP) is 4.82. The number of rotatable bonds is 5. The highest BCUT2D eigenvalue weighted by Gasteiger charge is 2.14. The number of hydrogen-bond acceptors (Lipinski definition) is 4. The highest BCUT2D eigenvalue weighted by atomic mass is 32.1. The number of benzene rings is 2. The molecule has 1 aliphatic heterocycles. The minimum Gasteiger partial charge on any atom is -0.454 e. The third-order valence-corrected chi connectivity index (χ3v) is 5.41. The van der Waals surface area contributed by atoms with Crippen molar-refractivity contribution < 1.29 is 14.3 Å². The molecule has 1 aliphatic rings. The lowest BCUT2D eigenvalue weighted by molar-refractivity contribution is -0.125. The summed E-state index contributed by atoms with van der Waals surface area (Å²) in [5, 5.41) is 0. The van der Waals surface area contributed by atoms with Gasteiger partial charge in [0.1, 0.15) is 0 Å². The monoisotopic (exact) mass is 377 g/mol. The van der Waals surface area contributed by atoms with Crippen molar-refractivity contribution in [1.29, 1.82) is 0 Å². The van der Waals surface area contributed by atoms with Crippen molar-refractivity contribution in [3.63, 3.8) is 0 Å². The molecule has 0 saturated heterocycles. The molecular formula is C22H19NO3S. The molecule has 0 atom stereocenters. The summed E-state index contributed by atoms with van der Waals surface area (Å²) in [6, 6.07) is 20.1. The van der Waals surface area contributed by atoms with E-state index in [1.807, 2.05) is 48.5 Å². The van der Waals surface area contributed by atoms with Crippen LogP contribution in [0.5, 0.6) is 11.5 Å². The first kappa shape index (κ1) is 17.4. The van der Waals surface area contributed by atoms with Crippen LogP contribution < -0.4 is 9.47 Å². The maximum Gasteiger partial charge on any atom is 0.246 e. The van der Waals surface area contributed by atoms with E-state index in [1.165, 1.54) is 10.4 Å². The molecule has 0 fully saturated rings. The van der Waals surface area contributed by atoms with Gasteiger partial charge in [-0.05, 0) is 41.5 Å². The Labute approximate surface area is 162 Å². The zero-order chi connectivity index (χ0) is 18.6. The highest BCUT2D eigenvalue weighted by Crippen LogP contribution is 2.33. The van der Waals surface area contributed by atoms with Gasteiger partial charge in [0.25, 0.3) is 0 Å². The first-order valence-electron chi connectivity index (χ1n) is 8.66. The van der Waals surface area contributed by atoms with Crippen LogP contribution >= 0.6 is 11.3 Å². The summed E-state index contributed by atoms with van der Waals surface area (Å²) >= 11 is 1.67. The van der Waals surface area contributed by atoms with Crippen LogP contribution in [-0.2, 0) is 11.3 Å². The maximum absolute atomic E-state index is 12.4. The molecule has 4 nitrogen and oxygen atoms in total. The van der Waals surface area contributed by atoms with Gasteiger partial charge in [-0.3, -0.25) is 4.79 Å². The molecule has 5 heteroatoms. The van der Waals surface area contributed by atoms with Gasteiger partial charge in [0.05, 0.1) is 0 Å². The van der Waals surface area contributed by atoms with Gasteiger partial charge >= 0.3 is 0 Å². The van der Waals surface area contributed by atoms with Crippen LogP contribution in [0, 0.1) is 0 Å². The van der Waals surface area contributed by atoms with E-state index in [9.17, 15) is 4.79 Å². The lowest BCUT2D eigenvalue weighted by Gasteiger charge is -2.15. The van der Waals surface area contributed by atoms with E-state index in [2.05, 4.69) is 18.2 Å². The number of carbonyl (C=O) groups is 1. The summed E-state index contributed by atoms with van der Waals surface area (Å²) < 4.78 is 10.7. The second-order valence-corrected chi connectivity index (χ2v) is 7.40. The molecule has 0 aliphatic carbocycles. The third kappa shape index (κ3) is 4.04. The maximum atomic E-state index is 12.4. The summed E-state index contributed by atoms with van der Waals surface area (Å²) in [5.74, 6) is 1.44. The van der Waals surface area contributed by atoms with Gasteiger partial charge in [-0.15, -0.1) is 11.3 Å². The van der Waals surface area contributed by atoms with E-state index in [-0.39, 0.29) is 12.7 Å². The summed E-state index contributed by atoms with van der Waals surface area (Å²) in [5.41, 5.74) is 2.19. The minimum absolute atomic E-state index is 0.0395. The molecule has 1 amide bonds. The molecule has 27 heavy (non-hydrogen) atoms. The van der Waals surface area contributed by atoms with Crippen molar-refractivity contribution in [3.05, 3.63) is 77.2 Å². The van der Waals surface area contributed by atoms with E-state index in [4.69, 9.17) is 9.47 Å². The smallest absolute Gasteiger partial charge is 0.246 e. The predicted molar refractivity (Wildman–Crippen MR) is 108 cm³/mol. The summed E-state index contributed by atoms with van der Waals surface area (Å²) in [4.78, 5) is 16.3. The number of ether oxygens (including phenoxy) is 2. The van der Waals surface area contributed by atoms with Gasteiger partial charge in [0.15, 0.2) is 11.5 Å². The van der Waals surface area contributed by atoms with Crippen molar-refractivity contribution in [2.75, 3.05) is 13.8 Å². The van der Waals surface area contributed by atoms with Gasteiger partial charge in [-0.2, -0.15) is 0 Å². The van der Waals surface area contributed by atoms with Crippen LogP contribution in [0.4, 0.5) is 0 Å². The van der Waals surface area contributed by atoms with E-state index in [1.54, 1.807) is 29.4 Å². The van der Waals surface area contributed by atoms with Crippen LogP contribution in [0.25, 0.3) is 16.5 Å². The topological polar surface area (TPSA) is 38.8 Å². The van der Waals surface area contributed by atoms with Crippen molar-refractivity contribution in [2.45, 2.75) is 6.54 Å². The molecule has 2 heterocycles.